The highest BCUT2D eigenvalue weighted by Gasteiger charge is 2.25. The van der Waals surface area contributed by atoms with Gasteiger partial charge in [-0.3, -0.25) is 4.79 Å². The zero-order valence-electron chi connectivity index (χ0n) is 12.2. The summed E-state index contributed by atoms with van der Waals surface area (Å²) in [6, 6.07) is 4.87. The summed E-state index contributed by atoms with van der Waals surface area (Å²) in [6.45, 7) is 4.13. The van der Waals surface area contributed by atoms with Gasteiger partial charge in [0.1, 0.15) is 11.8 Å². The predicted octanol–water partition coefficient (Wildman–Crippen LogP) is 2.01. The van der Waals surface area contributed by atoms with Crippen LogP contribution in [0.5, 0.6) is 5.75 Å². The van der Waals surface area contributed by atoms with E-state index in [-0.39, 0.29) is 11.3 Å². The third kappa shape index (κ3) is 5.35. The normalized spacial score (nSPS) is 12.9. The van der Waals surface area contributed by atoms with E-state index in [2.05, 4.69) is 4.72 Å². The van der Waals surface area contributed by atoms with E-state index < -0.39 is 22.0 Å². The molecule has 0 spiro atoms. The fourth-order valence-electron chi connectivity index (χ4n) is 1.79. The van der Waals surface area contributed by atoms with Crippen molar-refractivity contribution in [3.05, 3.63) is 24.3 Å². The lowest BCUT2D eigenvalue weighted by Gasteiger charge is -2.15. The summed E-state index contributed by atoms with van der Waals surface area (Å²) in [4.78, 5) is 11.1. The molecule has 1 atom stereocenters. The van der Waals surface area contributed by atoms with Crippen molar-refractivity contribution < 1.29 is 23.1 Å². The summed E-state index contributed by atoms with van der Waals surface area (Å²) in [5, 5.41) is 9.10. The molecule has 6 nitrogen and oxygen atoms in total. The Hall–Kier alpha value is -1.60. The lowest BCUT2D eigenvalue weighted by atomic mass is 10.1. The lowest BCUT2D eigenvalue weighted by molar-refractivity contribution is -0.139. The zero-order valence-corrected chi connectivity index (χ0v) is 13.0. The van der Waals surface area contributed by atoms with Gasteiger partial charge in [-0.2, -0.15) is 4.72 Å². The van der Waals surface area contributed by atoms with Crippen LogP contribution in [0, 0.1) is 0 Å². The van der Waals surface area contributed by atoms with Gasteiger partial charge in [0.2, 0.25) is 10.0 Å². The molecular formula is C14H21NO5S. The second-order valence-corrected chi connectivity index (χ2v) is 6.28. The third-order valence-corrected chi connectivity index (χ3v) is 4.34. The molecule has 1 aromatic rings. The molecular weight excluding hydrogens is 294 g/mol. The number of sulfonamides is 1. The molecule has 0 amide bonds. The minimum absolute atomic E-state index is 0.00352. The highest BCUT2D eigenvalue weighted by molar-refractivity contribution is 7.89. The number of ether oxygens (including phenoxy) is 1. The molecule has 2 N–H and O–H groups in total. The molecule has 1 aromatic carbocycles. The van der Waals surface area contributed by atoms with Crippen molar-refractivity contribution in [1.82, 2.24) is 4.72 Å². The van der Waals surface area contributed by atoms with Gasteiger partial charge in [-0.15, -0.1) is 0 Å². The van der Waals surface area contributed by atoms with Crippen LogP contribution in [0.4, 0.5) is 0 Å². The number of carboxylic acids is 1. The van der Waals surface area contributed by atoms with Crippen molar-refractivity contribution >= 4 is 16.0 Å². The number of hydrogen-bond donors (Lipinski definition) is 2. The largest absolute Gasteiger partial charge is 0.494 e. The molecule has 118 valence electrons. The first-order valence-electron chi connectivity index (χ1n) is 6.88. The number of carbonyl (C=O) groups is 1. The number of nitrogens with one attached hydrogen (secondary N) is 1. The highest BCUT2D eigenvalue weighted by Crippen LogP contribution is 2.18. The van der Waals surface area contributed by atoms with Crippen LogP contribution in [0.1, 0.15) is 33.1 Å². The van der Waals surface area contributed by atoms with Crippen LogP contribution >= 0.6 is 0 Å². The smallest absolute Gasteiger partial charge is 0.321 e. The Labute approximate surface area is 125 Å². The molecule has 0 aliphatic carbocycles. The maximum absolute atomic E-state index is 12.2. The number of rotatable bonds is 9. The number of carboxylic acid groups (broad SMARTS) is 1. The van der Waals surface area contributed by atoms with Gasteiger partial charge in [0.05, 0.1) is 11.5 Å². The second kappa shape index (κ2) is 7.99. The fraction of sp³-hybridized carbons (Fsp3) is 0.500. The van der Waals surface area contributed by atoms with Crippen LogP contribution in [0.3, 0.4) is 0 Å². The standard InChI is InChI=1S/C14H21NO5S/c1-3-5-9-13(14(16)17)15-21(18,19)12-8-6-7-11(10-12)20-4-2/h6-8,10,13,15H,3-5,9H2,1-2H3,(H,16,17). The Morgan fingerprint density at radius 1 is 1.38 bits per heavy atom. The van der Waals surface area contributed by atoms with Gasteiger partial charge in [0.15, 0.2) is 0 Å². The van der Waals surface area contributed by atoms with Crippen molar-refractivity contribution in [3.8, 4) is 5.75 Å². The van der Waals surface area contributed by atoms with E-state index in [1.165, 1.54) is 12.1 Å². The molecule has 0 saturated carbocycles. The van der Waals surface area contributed by atoms with Gasteiger partial charge in [0.25, 0.3) is 0 Å². The number of hydrogen-bond acceptors (Lipinski definition) is 4. The van der Waals surface area contributed by atoms with E-state index in [4.69, 9.17) is 9.84 Å². The molecule has 0 saturated heterocycles. The maximum atomic E-state index is 12.2. The first kappa shape index (κ1) is 17.5. The highest BCUT2D eigenvalue weighted by atomic mass is 32.2. The summed E-state index contributed by atoms with van der Waals surface area (Å²) < 4.78 is 32.0. The Kier molecular flexibility index (Phi) is 6.64. The third-order valence-electron chi connectivity index (χ3n) is 2.87. The number of benzene rings is 1. The Morgan fingerprint density at radius 3 is 2.67 bits per heavy atom. The summed E-state index contributed by atoms with van der Waals surface area (Å²) in [6.07, 6.45) is 1.69. The first-order chi connectivity index (χ1) is 9.90. The topological polar surface area (TPSA) is 92.7 Å². The van der Waals surface area contributed by atoms with Crippen molar-refractivity contribution in [2.45, 2.75) is 44.0 Å². The average Bonchev–Trinajstić information content (AvgIpc) is 2.44. The van der Waals surface area contributed by atoms with Crippen LogP contribution in [-0.4, -0.2) is 32.1 Å². The quantitative estimate of drug-likeness (QED) is 0.727. The van der Waals surface area contributed by atoms with Crippen LogP contribution in [0.25, 0.3) is 0 Å². The van der Waals surface area contributed by atoms with Gasteiger partial charge < -0.3 is 9.84 Å². The van der Waals surface area contributed by atoms with Crippen molar-refractivity contribution in [1.29, 1.82) is 0 Å². The molecule has 0 aliphatic heterocycles. The van der Waals surface area contributed by atoms with Gasteiger partial charge >= 0.3 is 5.97 Å². The van der Waals surface area contributed by atoms with E-state index in [1.807, 2.05) is 6.92 Å². The molecule has 0 aliphatic rings. The summed E-state index contributed by atoms with van der Waals surface area (Å²) in [7, 11) is -3.89. The number of unbranched alkanes of at least 4 members (excludes halogenated alkanes) is 1. The molecule has 0 heterocycles. The maximum Gasteiger partial charge on any atom is 0.321 e. The van der Waals surface area contributed by atoms with Crippen LogP contribution < -0.4 is 9.46 Å². The first-order valence-corrected chi connectivity index (χ1v) is 8.37. The van der Waals surface area contributed by atoms with Gasteiger partial charge in [-0.25, -0.2) is 8.42 Å². The van der Waals surface area contributed by atoms with Crippen LogP contribution in [0.15, 0.2) is 29.2 Å². The van der Waals surface area contributed by atoms with Crippen molar-refractivity contribution in [3.63, 3.8) is 0 Å². The van der Waals surface area contributed by atoms with Crippen LogP contribution in [-0.2, 0) is 14.8 Å². The molecule has 0 radical (unpaired) electrons. The molecule has 1 rings (SSSR count). The Bertz CT molecular complexity index is 570. The fourth-order valence-corrected chi connectivity index (χ4v) is 3.05. The van der Waals surface area contributed by atoms with E-state index in [0.29, 0.717) is 18.8 Å². The molecule has 7 heteroatoms. The summed E-state index contributed by atoms with van der Waals surface area (Å²) >= 11 is 0. The Morgan fingerprint density at radius 2 is 2.10 bits per heavy atom. The zero-order chi connectivity index (χ0) is 15.9. The minimum atomic E-state index is -3.89. The molecule has 21 heavy (non-hydrogen) atoms. The van der Waals surface area contributed by atoms with E-state index in [0.717, 1.165) is 6.42 Å². The predicted molar refractivity (Wildman–Crippen MR) is 78.9 cm³/mol. The lowest BCUT2D eigenvalue weighted by Crippen LogP contribution is -2.40. The monoisotopic (exact) mass is 315 g/mol. The van der Waals surface area contributed by atoms with Crippen molar-refractivity contribution in [2.24, 2.45) is 0 Å². The summed E-state index contributed by atoms with van der Waals surface area (Å²) in [5.74, 6) is -0.742. The second-order valence-electron chi connectivity index (χ2n) is 4.56. The van der Waals surface area contributed by atoms with E-state index >= 15 is 0 Å². The SMILES string of the molecule is CCCCC(NS(=O)(=O)c1cccc(OCC)c1)C(=O)O. The van der Waals surface area contributed by atoms with Gasteiger partial charge in [-0.1, -0.05) is 25.8 Å². The average molecular weight is 315 g/mol. The molecule has 0 aromatic heterocycles. The van der Waals surface area contributed by atoms with Crippen molar-refractivity contribution in [2.75, 3.05) is 6.61 Å². The van der Waals surface area contributed by atoms with E-state index in [9.17, 15) is 13.2 Å². The Balaban J connectivity index is 2.93. The van der Waals surface area contributed by atoms with E-state index in [1.54, 1.807) is 19.1 Å². The molecule has 0 fully saturated rings. The van der Waals surface area contributed by atoms with Gasteiger partial charge in [0, 0.05) is 6.07 Å². The minimum Gasteiger partial charge on any atom is -0.494 e. The summed E-state index contributed by atoms with van der Waals surface area (Å²) in [5.41, 5.74) is 0. The molecule has 0 bridgehead atoms. The van der Waals surface area contributed by atoms with Crippen LogP contribution in [0.2, 0.25) is 0 Å². The number of aliphatic carboxylic acids is 1. The molecule has 1 unspecified atom stereocenters. The van der Waals surface area contributed by atoms with Gasteiger partial charge in [-0.05, 0) is 25.5 Å².